The molecule has 1 aliphatic heterocycles. The second kappa shape index (κ2) is 8.39. The van der Waals surface area contributed by atoms with Crippen LogP contribution in [0.5, 0.6) is 11.5 Å². The van der Waals surface area contributed by atoms with Gasteiger partial charge in [0.05, 0.1) is 18.6 Å². The number of amides is 1. The normalized spacial score (nSPS) is 18.0. The number of nitrogens with one attached hydrogen (secondary N) is 1. The summed E-state index contributed by atoms with van der Waals surface area (Å²) >= 11 is 0. The SMILES string of the molecule is COc1ccc(C(=O)NCC2CCS(=O)(=O)C2)cc1OCc1ccncc1. The van der Waals surface area contributed by atoms with Crippen LogP contribution in [0.1, 0.15) is 22.3 Å². The Hall–Kier alpha value is -2.61. The van der Waals surface area contributed by atoms with Gasteiger partial charge < -0.3 is 14.8 Å². The van der Waals surface area contributed by atoms with Crippen LogP contribution in [0.3, 0.4) is 0 Å². The van der Waals surface area contributed by atoms with Gasteiger partial charge in [0.2, 0.25) is 0 Å². The molecule has 0 spiro atoms. The molecular formula is C19H22N2O5S. The first-order valence-corrected chi connectivity index (χ1v) is 10.5. The summed E-state index contributed by atoms with van der Waals surface area (Å²) in [6, 6.07) is 8.65. The topological polar surface area (TPSA) is 94.6 Å². The molecule has 8 heteroatoms. The molecule has 1 aliphatic rings. The molecule has 1 saturated heterocycles. The van der Waals surface area contributed by atoms with Crippen molar-refractivity contribution in [3.8, 4) is 11.5 Å². The average Bonchev–Trinajstić information content (AvgIpc) is 3.03. The third-order valence-electron chi connectivity index (χ3n) is 4.45. The Bertz CT molecular complexity index is 900. The summed E-state index contributed by atoms with van der Waals surface area (Å²) in [5.74, 6) is 1.03. The first kappa shape index (κ1) is 19.2. The van der Waals surface area contributed by atoms with E-state index in [0.29, 0.717) is 36.6 Å². The van der Waals surface area contributed by atoms with Crippen LogP contribution in [-0.2, 0) is 16.4 Å². The summed E-state index contributed by atoms with van der Waals surface area (Å²) in [7, 11) is -1.41. The number of benzene rings is 1. The average molecular weight is 390 g/mol. The number of hydrogen-bond acceptors (Lipinski definition) is 6. The van der Waals surface area contributed by atoms with Crippen LogP contribution in [0.4, 0.5) is 0 Å². The lowest BCUT2D eigenvalue weighted by molar-refractivity contribution is 0.0948. The fourth-order valence-corrected chi connectivity index (χ4v) is 4.80. The maximum absolute atomic E-state index is 12.4. The number of methoxy groups -OCH3 is 1. The number of carbonyl (C=O) groups excluding carboxylic acids is 1. The quantitative estimate of drug-likeness (QED) is 0.775. The number of aromatic nitrogens is 1. The zero-order chi connectivity index (χ0) is 19.3. The van der Waals surface area contributed by atoms with Crippen molar-refractivity contribution >= 4 is 15.7 Å². The van der Waals surface area contributed by atoms with E-state index in [0.717, 1.165) is 5.56 Å². The Morgan fingerprint density at radius 3 is 2.67 bits per heavy atom. The van der Waals surface area contributed by atoms with Gasteiger partial charge in [0.15, 0.2) is 21.3 Å². The number of nitrogens with zero attached hydrogens (tertiary/aromatic N) is 1. The van der Waals surface area contributed by atoms with Gasteiger partial charge in [-0.25, -0.2) is 8.42 Å². The molecule has 0 bridgehead atoms. The standard InChI is InChI=1S/C19H22N2O5S/c1-25-17-3-2-16(10-18(17)26-12-14-4-7-20-8-5-14)19(22)21-11-15-6-9-27(23,24)13-15/h2-5,7-8,10,15H,6,9,11-13H2,1H3,(H,21,22). The van der Waals surface area contributed by atoms with Crippen molar-refractivity contribution < 1.29 is 22.7 Å². The maximum Gasteiger partial charge on any atom is 0.251 e. The molecule has 1 unspecified atom stereocenters. The van der Waals surface area contributed by atoms with E-state index in [-0.39, 0.29) is 23.3 Å². The highest BCUT2D eigenvalue weighted by molar-refractivity contribution is 7.91. The van der Waals surface area contributed by atoms with Crippen molar-refractivity contribution in [3.63, 3.8) is 0 Å². The minimum Gasteiger partial charge on any atom is -0.493 e. The lowest BCUT2D eigenvalue weighted by atomic mass is 10.1. The lowest BCUT2D eigenvalue weighted by Gasteiger charge is -2.13. The Balaban J connectivity index is 1.64. The number of ether oxygens (including phenoxy) is 2. The van der Waals surface area contributed by atoms with E-state index in [1.54, 1.807) is 30.6 Å². The molecule has 0 radical (unpaired) electrons. The molecule has 7 nitrogen and oxygen atoms in total. The fraction of sp³-hybridized carbons (Fsp3) is 0.368. The first-order chi connectivity index (χ1) is 13.0. The van der Waals surface area contributed by atoms with Crippen LogP contribution in [0.15, 0.2) is 42.7 Å². The summed E-state index contributed by atoms with van der Waals surface area (Å²) in [5.41, 5.74) is 1.38. The molecule has 3 rings (SSSR count). The van der Waals surface area contributed by atoms with Gasteiger partial charge in [-0.05, 0) is 48.2 Å². The van der Waals surface area contributed by atoms with E-state index < -0.39 is 9.84 Å². The molecule has 2 aromatic rings. The second-order valence-electron chi connectivity index (χ2n) is 6.49. The summed E-state index contributed by atoms with van der Waals surface area (Å²) in [4.78, 5) is 16.4. The van der Waals surface area contributed by atoms with E-state index in [9.17, 15) is 13.2 Å². The van der Waals surface area contributed by atoms with Crippen LogP contribution in [0.25, 0.3) is 0 Å². The van der Waals surface area contributed by atoms with Crippen molar-refractivity contribution in [1.29, 1.82) is 0 Å². The number of pyridine rings is 1. The number of rotatable bonds is 7. The van der Waals surface area contributed by atoms with Gasteiger partial charge in [-0.3, -0.25) is 9.78 Å². The van der Waals surface area contributed by atoms with Gasteiger partial charge in [0.1, 0.15) is 6.61 Å². The largest absolute Gasteiger partial charge is 0.493 e. The summed E-state index contributed by atoms with van der Waals surface area (Å²) in [5, 5.41) is 2.81. The van der Waals surface area contributed by atoms with E-state index in [4.69, 9.17) is 9.47 Å². The monoisotopic (exact) mass is 390 g/mol. The van der Waals surface area contributed by atoms with Crippen molar-refractivity contribution in [2.75, 3.05) is 25.2 Å². The molecule has 1 atom stereocenters. The van der Waals surface area contributed by atoms with Crippen molar-refractivity contribution in [3.05, 3.63) is 53.9 Å². The number of carbonyl (C=O) groups is 1. The van der Waals surface area contributed by atoms with Crippen molar-refractivity contribution in [1.82, 2.24) is 10.3 Å². The molecule has 1 amide bonds. The molecule has 0 aliphatic carbocycles. The number of hydrogen-bond donors (Lipinski definition) is 1. The van der Waals surface area contributed by atoms with Crippen LogP contribution in [0.2, 0.25) is 0 Å². The van der Waals surface area contributed by atoms with E-state index in [2.05, 4.69) is 10.3 Å². The van der Waals surface area contributed by atoms with Crippen molar-refractivity contribution in [2.24, 2.45) is 5.92 Å². The Kier molecular flexibility index (Phi) is 5.95. The van der Waals surface area contributed by atoms with Crippen molar-refractivity contribution in [2.45, 2.75) is 13.0 Å². The fourth-order valence-electron chi connectivity index (χ4n) is 2.94. The highest BCUT2D eigenvalue weighted by atomic mass is 32.2. The third kappa shape index (κ3) is 5.19. The van der Waals surface area contributed by atoms with Gasteiger partial charge in [-0.15, -0.1) is 0 Å². The predicted molar refractivity (Wildman–Crippen MR) is 101 cm³/mol. The van der Waals surface area contributed by atoms with Gasteiger partial charge in [-0.2, -0.15) is 0 Å². The Morgan fingerprint density at radius 2 is 2.00 bits per heavy atom. The molecule has 1 aromatic heterocycles. The molecule has 144 valence electrons. The smallest absolute Gasteiger partial charge is 0.251 e. The van der Waals surface area contributed by atoms with E-state index in [1.807, 2.05) is 12.1 Å². The molecule has 2 heterocycles. The minimum absolute atomic E-state index is 0.0281. The first-order valence-electron chi connectivity index (χ1n) is 8.65. The van der Waals surface area contributed by atoms with Gasteiger partial charge in [-0.1, -0.05) is 0 Å². The zero-order valence-electron chi connectivity index (χ0n) is 15.1. The summed E-state index contributed by atoms with van der Waals surface area (Å²) in [6.45, 7) is 0.668. The van der Waals surface area contributed by atoms with Gasteiger partial charge in [0.25, 0.3) is 5.91 Å². The van der Waals surface area contributed by atoms with Crippen LogP contribution in [-0.4, -0.2) is 44.5 Å². The molecule has 0 saturated carbocycles. The molecular weight excluding hydrogens is 368 g/mol. The highest BCUT2D eigenvalue weighted by Crippen LogP contribution is 2.29. The van der Waals surface area contributed by atoms with Gasteiger partial charge >= 0.3 is 0 Å². The zero-order valence-corrected chi connectivity index (χ0v) is 15.9. The lowest BCUT2D eigenvalue weighted by Crippen LogP contribution is -2.29. The maximum atomic E-state index is 12.4. The van der Waals surface area contributed by atoms with E-state index >= 15 is 0 Å². The van der Waals surface area contributed by atoms with E-state index in [1.165, 1.54) is 7.11 Å². The molecule has 1 aromatic carbocycles. The second-order valence-corrected chi connectivity index (χ2v) is 8.72. The number of sulfone groups is 1. The summed E-state index contributed by atoms with van der Waals surface area (Å²) < 4.78 is 34.1. The third-order valence-corrected chi connectivity index (χ3v) is 6.28. The minimum atomic E-state index is -2.95. The molecule has 1 N–H and O–H groups in total. The predicted octanol–water partition coefficient (Wildman–Crippen LogP) is 1.83. The molecule has 27 heavy (non-hydrogen) atoms. The van der Waals surface area contributed by atoms with Crippen LogP contribution < -0.4 is 14.8 Å². The van der Waals surface area contributed by atoms with Gasteiger partial charge in [0, 0.05) is 24.5 Å². The Morgan fingerprint density at radius 1 is 1.22 bits per heavy atom. The summed E-state index contributed by atoms with van der Waals surface area (Å²) in [6.07, 6.45) is 3.96. The van der Waals surface area contributed by atoms with Crippen LogP contribution in [0, 0.1) is 5.92 Å². The van der Waals surface area contributed by atoms with Crippen LogP contribution >= 0.6 is 0 Å². The Labute approximate surface area is 158 Å². The molecule has 1 fully saturated rings. The highest BCUT2D eigenvalue weighted by Gasteiger charge is 2.28.